The third kappa shape index (κ3) is 2.50. The van der Waals surface area contributed by atoms with E-state index in [-0.39, 0.29) is 36.5 Å². The van der Waals surface area contributed by atoms with Crippen LogP contribution in [-0.4, -0.2) is 53.7 Å². The first-order valence-corrected chi connectivity index (χ1v) is 6.99. The lowest BCUT2D eigenvalue weighted by atomic mass is 10.0. The lowest BCUT2D eigenvalue weighted by molar-refractivity contribution is 0.0178. The maximum absolute atomic E-state index is 12.3. The average Bonchev–Trinajstić information content (AvgIpc) is 3.00. The predicted molar refractivity (Wildman–Crippen MR) is 74.3 cm³/mol. The van der Waals surface area contributed by atoms with E-state index in [4.69, 9.17) is 9.47 Å². The number of nitrogens with one attached hydrogen (secondary N) is 1. The van der Waals surface area contributed by atoms with Gasteiger partial charge in [-0.1, -0.05) is 0 Å². The van der Waals surface area contributed by atoms with E-state index in [0.717, 1.165) is 0 Å². The van der Waals surface area contributed by atoms with Gasteiger partial charge in [0.05, 0.1) is 19.3 Å². The molecule has 4 atom stereocenters. The standard InChI is InChI=1S/C15H19NO5/c1-7-3-9(4-8(2)12(7)18)15(19)16-10-5-20-14-11(17)6-21-13(10)14/h3-4,10-11,13-14,17-18H,5-6H2,1-2H3,(H,16,19)/t10-,11-,13-,14-/m1/s1. The number of benzene rings is 1. The molecular weight excluding hydrogens is 274 g/mol. The first-order valence-electron chi connectivity index (χ1n) is 6.99. The normalized spacial score (nSPS) is 31.2. The smallest absolute Gasteiger partial charge is 0.251 e. The second kappa shape index (κ2) is 5.29. The summed E-state index contributed by atoms with van der Waals surface area (Å²) in [5.74, 6) is -0.0292. The molecule has 2 heterocycles. The molecule has 2 fully saturated rings. The highest BCUT2D eigenvalue weighted by Crippen LogP contribution is 2.27. The Morgan fingerprint density at radius 3 is 2.48 bits per heavy atom. The van der Waals surface area contributed by atoms with E-state index in [1.807, 2.05) is 0 Å². The highest BCUT2D eigenvalue weighted by molar-refractivity contribution is 5.95. The fraction of sp³-hybridized carbons (Fsp3) is 0.533. The largest absolute Gasteiger partial charge is 0.507 e. The van der Waals surface area contributed by atoms with E-state index in [0.29, 0.717) is 23.3 Å². The van der Waals surface area contributed by atoms with Crippen LogP contribution >= 0.6 is 0 Å². The van der Waals surface area contributed by atoms with Gasteiger partial charge in [0.2, 0.25) is 0 Å². The Kier molecular flexibility index (Phi) is 3.61. The minimum absolute atomic E-state index is 0.207. The van der Waals surface area contributed by atoms with Gasteiger partial charge in [-0.15, -0.1) is 0 Å². The third-order valence-corrected chi connectivity index (χ3v) is 4.10. The maximum Gasteiger partial charge on any atom is 0.251 e. The highest BCUT2D eigenvalue weighted by Gasteiger charge is 2.47. The van der Waals surface area contributed by atoms with Crippen molar-refractivity contribution in [2.45, 2.75) is 38.2 Å². The molecule has 0 saturated carbocycles. The topological polar surface area (TPSA) is 88.0 Å². The molecule has 114 valence electrons. The Hall–Kier alpha value is -1.63. The fourth-order valence-electron chi connectivity index (χ4n) is 2.94. The van der Waals surface area contributed by atoms with Crippen LogP contribution in [0.3, 0.4) is 0 Å². The number of hydrogen-bond acceptors (Lipinski definition) is 5. The Bertz CT molecular complexity index is 550. The SMILES string of the molecule is Cc1cc(C(=O)N[C@@H]2CO[C@H]3[C@@H]2OC[C@H]3O)cc(C)c1O. The van der Waals surface area contributed by atoms with Gasteiger partial charge in [0.15, 0.2) is 0 Å². The number of aliphatic hydroxyl groups excluding tert-OH is 1. The van der Waals surface area contributed by atoms with E-state index < -0.39 is 6.10 Å². The van der Waals surface area contributed by atoms with Gasteiger partial charge in [-0.2, -0.15) is 0 Å². The number of amides is 1. The number of aromatic hydroxyl groups is 1. The molecule has 1 amide bonds. The molecule has 0 radical (unpaired) electrons. The number of phenols is 1. The molecule has 0 bridgehead atoms. The first kappa shape index (κ1) is 14.3. The molecule has 2 aliphatic heterocycles. The molecule has 6 heteroatoms. The predicted octanol–water partition coefficient (Wildman–Crippen LogP) is 0.266. The van der Waals surface area contributed by atoms with Crippen LogP contribution < -0.4 is 5.32 Å². The van der Waals surface area contributed by atoms with E-state index in [1.165, 1.54) is 0 Å². The zero-order valence-corrected chi connectivity index (χ0v) is 12.0. The molecule has 21 heavy (non-hydrogen) atoms. The second-order valence-electron chi connectivity index (χ2n) is 5.70. The summed E-state index contributed by atoms with van der Waals surface area (Å²) in [6, 6.07) is 3.03. The van der Waals surface area contributed by atoms with E-state index in [2.05, 4.69) is 5.32 Å². The third-order valence-electron chi connectivity index (χ3n) is 4.10. The van der Waals surface area contributed by atoms with Gasteiger partial charge >= 0.3 is 0 Å². The first-order chi connectivity index (χ1) is 9.97. The van der Waals surface area contributed by atoms with Crippen molar-refractivity contribution in [2.24, 2.45) is 0 Å². The average molecular weight is 293 g/mol. The van der Waals surface area contributed by atoms with Gasteiger partial charge in [0.25, 0.3) is 5.91 Å². The van der Waals surface area contributed by atoms with Crippen LogP contribution in [0, 0.1) is 13.8 Å². The summed E-state index contributed by atoms with van der Waals surface area (Å²) in [6.45, 7) is 4.07. The second-order valence-corrected chi connectivity index (χ2v) is 5.70. The number of ether oxygens (including phenoxy) is 2. The summed E-state index contributed by atoms with van der Waals surface area (Å²) in [5.41, 5.74) is 1.81. The minimum Gasteiger partial charge on any atom is -0.507 e. The maximum atomic E-state index is 12.3. The van der Waals surface area contributed by atoms with Crippen LogP contribution in [0.5, 0.6) is 5.75 Å². The molecule has 2 saturated heterocycles. The Morgan fingerprint density at radius 1 is 1.19 bits per heavy atom. The monoisotopic (exact) mass is 293 g/mol. The van der Waals surface area contributed by atoms with Crippen LogP contribution in [0.15, 0.2) is 12.1 Å². The van der Waals surface area contributed by atoms with Crippen molar-refractivity contribution in [2.75, 3.05) is 13.2 Å². The molecule has 2 aliphatic rings. The summed E-state index contributed by atoms with van der Waals surface area (Å²) in [7, 11) is 0. The molecule has 0 aromatic heterocycles. The van der Waals surface area contributed by atoms with Gasteiger partial charge in [-0.05, 0) is 37.1 Å². The van der Waals surface area contributed by atoms with Gasteiger partial charge in [-0.25, -0.2) is 0 Å². The summed E-state index contributed by atoms with van der Waals surface area (Å²) >= 11 is 0. The van der Waals surface area contributed by atoms with Crippen molar-refractivity contribution in [1.29, 1.82) is 0 Å². The Morgan fingerprint density at radius 2 is 1.81 bits per heavy atom. The van der Waals surface area contributed by atoms with Gasteiger partial charge in [-0.3, -0.25) is 4.79 Å². The van der Waals surface area contributed by atoms with Crippen LogP contribution in [0.4, 0.5) is 0 Å². The van der Waals surface area contributed by atoms with E-state index in [1.54, 1.807) is 26.0 Å². The number of aliphatic hydroxyl groups is 1. The molecule has 1 aromatic carbocycles. The quantitative estimate of drug-likeness (QED) is 0.728. The van der Waals surface area contributed by atoms with Crippen molar-refractivity contribution in [3.63, 3.8) is 0 Å². The molecule has 1 aromatic rings. The number of carbonyl (C=O) groups excluding carboxylic acids is 1. The molecule has 6 nitrogen and oxygen atoms in total. The Labute approximate surface area is 122 Å². The number of aryl methyl sites for hydroxylation is 2. The molecule has 3 N–H and O–H groups in total. The lowest BCUT2D eigenvalue weighted by Gasteiger charge is -2.18. The molecule has 3 rings (SSSR count). The summed E-state index contributed by atoms with van der Waals surface area (Å²) in [6.07, 6.45) is -1.29. The summed E-state index contributed by atoms with van der Waals surface area (Å²) in [4.78, 5) is 12.3. The number of rotatable bonds is 2. The van der Waals surface area contributed by atoms with Crippen molar-refractivity contribution in [3.8, 4) is 5.75 Å². The van der Waals surface area contributed by atoms with Crippen LogP contribution in [0.25, 0.3) is 0 Å². The van der Waals surface area contributed by atoms with E-state index in [9.17, 15) is 15.0 Å². The van der Waals surface area contributed by atoms with Gasteiger partial charge < -0.3 is 25.0 Å². The zero-order chi connectivity index (χ0) is 15.1. The van der Waals surface area contributed by atoms with Crippen LogP contribution in [0.1, 0.15) is 21.5 Å². The fourth-order valence-corrected chi connectivity index (χ4v) is 2.94. The van der Waals surface area contributed by atoms with Crippen molar-refractivity contribution >= 4 is 5.91 Å². The summed E-state index contributed by atoms with van der Waals surface area (Å²) in [5, 5.41) is 22.3. The molecule has 0 unspecified atom stereocenters. The number of phenolic OH excluding ortho intramolecular Hbond substituents is 1. The van der Waals surface area contributed by atoms with Crippen LogP contribution in [-0.2, 0) is 9.47 Å². The molecule has 0 spiro atoms. The van der Waals surface area contributed by atoms with Gasteiger partial charge in [0, 0.05) is 5.56 Å². The minimum atomic E-state index is -0.630. The lowest BCUT2D eigenvalue weighted by Crippen LogP contribution is -2.44. The van der Waals surface area contributed by atoms with E-state index >= 15 is 0 Å². The molecule has 0 aliphatic carbocycles. The Balaban J connectivity index is 1.73. The van der Waals surface area contributed by atoms with Crippen molar-refractivity contribution < 1.29 is 24.5 Å². The van der Waals surface area contributed by atoms with Crippen molar-refractivity contribution in [3.05, 3.63) is 28.8 Å². The van der Waals surface area contributed by atoms with Gasteiger partial charge in [0.1, 0.15) is 24.1 Å². The highest BCUT2D eigenvalue weighted by atomic mass is 16.6. The number of hydrogen-bond donors (Lipinski definition) is 3. The number of fused-ring (bicyclic) bond motifs is 1. The summed E-state index contributed by atoms with van der Waals surface area (Å²) < 4.78 is 11.0. The van der Waals surface area contributed by atoms with Crippen LogP contribution in [0.2, 0.25) is 0 Å². The van der Waals surface area contributed by atoms with Crippen molar-refractivity contribution in [1.82, 2.24) is 5.32 Å². The number of carbonyl (C=O) groups is 1. The zero-order valence-electron chi connectivity index (χ0n) is 12.0. The molecular formula is C15H19NO5.